The van der Waals surface area contributed by atoms with Gasteiger partial charge >= 0.3 is 0 Å². The minimum absolute atomic E-state index is 0.191. The van der Waals surface area contributed by atoms with Crippen LogP contribution in [0.2, 0.25) is 0 Å². The smallest absolute Gasteiger partial charge is 0.203 e. The molecule has 1 saturated heterocycles. The molecule has 0 unspecified atom stereocenters. The SMILES string of the molecule is COc1cc([C@@H]2SC[C@@H](c3cc(OC)c(OC)c(OC)c3)S2)cc(I)c1O. The Morgan fingerprint density at radius 3 is 2.04 bits per heavy atom. The number of benzene rings is 2. The molecule has 0 aromatic heterocycles. The number of thioether (sulfide) groups is 2. The molecule has 27 heavy (non-hydrogen) atoms. The fourth-order valence-electron chi connectivity index (χ4n) is 2.92. The number of halogens is 1. The predicted octanol–water partition coefficient (Wildman–Crippen LogP) is 5.25. The molecule has 0 amide bonds. The van der Waals surface area contributed by atoms with Crippen LogP contribution in [0.5, 0.6) is 28.7 Å². The molecule has 5 nitrogen and oxygen atoms in total. The summed E-state index contributed by atoms with van der Waals surface area (Å²) in [7, 11) is 6.44. The van der Waals surface area contributed by atoms with Crippen molar-refractivity contribution >= 4 is 46.1 Å². The quantitative estimate of drug-likeness (QED) is 0.523. The molecule has 1 N–H and O–H groups in total. The zero-order valence-corrected chi connectivity index (χ0v) is 19.2. The third-order valence-electron chi connectivity index (χ3n) is 4.29. The molecule has 2 aromatic rings. The monoisotopic (exact) mass is 520 g/mol. The largest absolute Gasteiger partial charge is 0.504 e. The van der Waals surface area contributed by atoms with E-state index in [2.05, 4.69) is 22.6 Å². The Hall–Kier alpha value is -1.13. The first-order valence-electron chi connectivity index (χ1n) is 8.15. The molecule has 0 aliphatic carbocycles. The van der Waals surface area contributed by atoms with E-state index in [1.807, 2.05) is 47.8 Å². The lowest BCUT2D eigenvalue weighted by Gasteiger charge is -2.17. The van der Waals surface area contributed by atoms with E-state index < -0.39 is 0 Å². The Morgan fingerprint density at radius 2 is 1.48 bits per heavy atom. The van der Waals surface area contributed by atoms with E-state index in [0.29, 0.717) is 28.2 Å². The molecule has 8 heteroatoms. The van der Waals surface area contributed by atoms with Gasteiger partial charge in [-0.3, -0.25) is 0 Å². The van der Waals surface area contributed by atoms with E-state index in [9.17, 15) is 5.11 Å². The van der Waals surface area contributed by atoms with E-state index in [-0.39, 0.29) is 10.3 Å². The van der Waals surface area contributed by atoms with Crippen molar-refractivity contribution in [2.24, 2.45) is 0 Å². The highest BCUT2D eigenvalue weighted by atomic mass is 127. The maximum Gasteiger partial charge on any atom is 0.203 e. The average Bonchev–Trinajstić information content (AvgIpc) is 3.18. The van der Waals surface area contributed by atoms with Crippen molar-refractivity contribution < 1.29 is 24.1 Å². The van der Waals surface area contributed by atoms with Crippen LogP contribution in [0.25, 0.3) is 0 Å². The Labute approximate surface area is 181 Å². The normalized spacial score (nSPS) is 19.0. The maximum atomic E-state index is 10.1. The Kier molecular flexibility index (Phi) is 6.80. The van der Waals surface area contributed by atoms with E-state index in [4.69, 9.17) is 18.9 Å². The lowest BCUT2D eigenvalue weighted by molar-refractivity contribution is 0.324. The van der Waals surface area contributed by atoms with Gasteiger partial charge in [-0.25, -0.2) is 0 Å². The van der Waals surface area contributed by atoms with Crippen molar-refractivity contribution in [3.63, 3.8) is 0 Å². The molecule has 1 aliphatic rings. The molecular formula is C19H21IO5S2. The van der Waals surface area contributed by atoms with Gasteiger partial charge in [0.2, 0.25) is 5.75 Å². The molecule has 0 saturated carbocycles. The van der Waals surface area contributed by atoms with Gasteiger partial charge in [0, 0.05) is 11.0 Å². The average molecular weight is 520 g/mol. The number of methoxy groups -OCH3 is 4. The predicted molar refractivity (Wildman–Crippen MR) is 119 cm³/mol. The maximum absolute atomic E-state index is 10.1. The summed E-state index contributed by atoms with van der Waals surface area (Å²) >= 11 is 5.88. The van der Waals surface area contributed by atoms with Gasteiger partial charge in [-0.1, -0.05) is 0 Å². The van der Waals surface area contributed by atoms with Crippen molar-refractivity contribution in [2.75, 3.05) is 34.2 Å². The number of ether oxygens (including phenoxy) is 4. The molecular weight excluding hydrogens is 499 g/mol. The highest BCUT2D eigenvalue weighted by Gasteiger charge is 2.31. The molecule has 0 spiro atoms. The molecule has 2 atom stereocenters. The van der Waals surface area contributed by atoms with Crippen LogP contribution in [0.15, 0.2) is 24.3 Å². The molecule has 146 valence electrons. The summed E-state index contributed by atoms with van der Waals surface area (Å²) in [5.41, 5.74) is 2.28. The number of hydrogen-bond donors (Lipinski definition) is 1. The van der Waals surface area contributed by atoms with Gasteiger partial charge in [0.25, 0.3) is 0 Å². The summed E-state index contributed by atoms with van der Waals surface area (Å²) in [6, 6.07) is 7.96. The molecule has 2 aromatic carbocycles. The van der Waals surface area contributed by atoms with Crippen molar-refractivity contribution in [3.8, 4) is 28.7 Å². The van der Waals surface area contributed by atoms with Gasteiger partial charge < -0.3 is 24.1 Å². The lowest BCUT2D eigenvalue weighted by Crippen LogP contribution is -1.99. The van der Waals surface area contributed by atoms with Gasteiger partial charge in [-0.15, -0.1) is 23.5 Å². The van der Waals surface area contributed by atoms with Crippen molar-refractivity contribution in [1.82, 2.24) is 0 Å². The van der Waals surface area contributed by atoms with E-state index in [0.717, 1.165) is 20.4 Å². The van der Waals surface area contributed by atoms with E-state index in [1.54, 1.807) is 28.4 Å². The number of hydrogen-bond acceptors (Lipinski definition) is 7. The summed E-state index contributed by atoms with van der Waals surface area (Å²) in [5, 5.41) is 10.4. The van der Waals surface area contributed by atoms with Crippen LogP contribution in [-0.4, -0.2) is 39.3 Å². The van der Waals surface area contributed by atoms with Gasteiger partial charge in [0.15, 0.2) is 23.0 Å². The van der Waals surface area contributed by atoms with Gasteiger partial charge in [-0.2, -0.15) is 0 Å². The van der Waals surface area contributed by atoms with Crippen molar-refractivity contribution in [2.45, 2.75) is 9.83 Å². The molecule has 3 rings (SSSR count). The van der Waals surface area contributed by atoms with Crippen LogP contribution in [0, 0.1) is 3.57 Å². The van der Waals surface area contributed by atoms with Crippen LogP contribution in [-0.2, 0) is 0 Å². The fraction of sp³-hybridized carbons (Fsp3) is 0.368. The highest BCUT2D eigenvalue weighted by Crippen LogP contribution is 2.57. The molecule has 1 heterocycles. The first-order valence-corrected chi connectivity index (χ1v) is 11.2. The van der Waals surface area contributed by atoms with E-state index in [1.165, 1.54) is 0 Å². The van der Waals surface area contributed by atoms with Crippen LogP contribution in [0.1, 0.15) is 21.0 Å². The highest BCUT2D eigenvalue weighted by molar-refractivity contribution is 14.1. The van der Waals surface area contributed by atoms with Crippen molar-refractivity contribution in [1.29, 1.82) is 0 Å². The molecule has 1 aliphatic heterocycles. The number of aromatic hydroxyl groups is 1. The van der Waals surface area contributed by atoms with Crippen LogP contribution in [0.3, 0.4) is 0 Å². The molecule has 1 fully saturated rings. The first-order chi connectivity index (χ1) is 13.0. The second kappa shape index (κ2) is 8.91. The topological polar surface area (TPSA) is 57.2 Å². The standard InChI is InChI=1S/C19H21IO5S2/c1-22-13-8-11(5-12(20)17(13)21)19-26-9-16(27-19)10-6-14(23-2)18(25-4)15(7-10)24-3/h5-8,16,19,21H,9H2,1-4H3/t16-,19+/m0/s1. The van der Waals surface area contributed by atoms with Gasteiger partial charge in [0.1, 0.15) is 0 Å². The van der Waals surface area contributed by atoms with E-state index >= 15 is 0 Å². The summed E-state index contributed by atoms with van der Waals surface area (Å²) in [5.74, 6) is 3.61. The zero-order chi connectivity index (χ0) is 19.6. The fourth-order valence-corrected chi connectivity index (χ4v) is 6.81. The summed E-state index contributed by atoms with van der Waals surface area (Å²) < 4.78 is 22.7. The Balaban J connectivity index is 1.87. The number of phenolic OH excluding ortho intramolecular Hbond substituents is 1. The first kappa shape index (κ1) is 20.6. The molecule has 0 radical (unpaired) electrons. The summed E-state index contributed by atoms with van der Waals surface area (Å²) in [6.45, 7) is 0. The Morgan fingerprint density at radius 1 is 0.889 bits per heavy atom. The third-order valence-corrected chi connectivity index (χ3v) is 8.45. The summed E-state index contributed by atoms with van der Waals surface area (Å²) in [6.07, 6.45) is 0. The van der Waals surface area contributed by atoms with Gasteiger partial charge in [-0.05, 0) is 58.0 Å². The summed E-state index contributed by atoms with van der Waals surface area (Å²) in [4.78, 5) is 0. The third kappa shape index (κ3) is 4.17. The van der Waals surface area contributed by atoms with Gasteiger partial charge in [0.05, 0.1) is 36.6 Å². The molecule has 0 bridgehead atoms. The van der Waals surface area contributed by atoms with Crippen molar-refractivity contribution in [3.05, 3.63) is 39.0 Å². The Bertz CT molecular complexity index is 805. The lowest BCUT2D eigenvalue weighted by atomic mass is 10.1. The zero-order valence-electron chi connectivity index (χ0n) is 15.4. The van der Waals surface area contributed by atoms with Crippen LogP contribution < -0.4 is 18.9 Å². The minimum atomic E-state index is 0.191. The van der Waals surface area contributed by atoms with Crippen LogP contribution in [0.4, 0.5) is 0 Å². The second-order valence-corrected chi connectivity index (χ2v) is 9.71. The number of rotatable bonds is 6. The van der Waals surface area contributed by atoms with Crippen LogP contribution >= 0.6 is 46.1 Å². The second-order valence-electron chi connectivity index (χ2n) is 5.80. The number of phenols is 1. The minimum Gasteiger partial charge on any atom is -0.504 e.